The van der Waals surface area contributed by atoms with Gasteiger partial charge in [-0.2, -0.15) is 5.26 Å². The summed E-state index contributed by atoms with van der Waals surface area (Å²) in [4.78, 5) is 74.1. The number of benzene rings is 11. The standard InChI is InChI=1S/C22H22N2O4S.C19H23NO3S.C17H20N2O4S.C17H17NO4S.C16H15N3O4S/c1-28-16-15-17-11-13-18(14-12-17)23-22(25)20-9-5-6-10-21(20)24-29(26,27)19-7-3-2-4-8-19;1-3-4-7-15-10-12-16(13-11-15)14-19(21)17-8-5-6-9-18(17)20-24(2,22)23;1-23-12-11-13-7-9-14(10-8-13)18-17(20)15-5-3-4-6-16(15)19-24(2,21)22;1-12(19)14-7-5-6-13(10-14)11-17(20)15-8-3-4-9-16(15)18-23(2,21)22;1-23-15-8-7-12(9-11(15)10-17)18-16(20)13-5-3-4-6-14(13)19-24(2,21)22/h2-14,24H,15-16H2,1H3,(H,23,25);5-6,8-13,20H,3-4,7,14H2,1-2H3;3-10,19H,11-12H2,1-2H3,(H,18,20);3-10,18H,11H2,1-2H3;3-9,19H,1-2H3,(H,18,20). The molecule has 11 aromatic rings. The van der Waals surface area contributed by atoms with Crippen molar-refractivity contribution in [2.24, 2.45) is 0 Å². The molecule has 11 aromatic carbocycles. The Hall–Kier alpha value is -13.2. The number of Topliss-reactive ketones (excluding diaryl/α,β-unsaturated/α-hetero) is 3. The molecule has 28 nitrogen and oxygen atoms in total. The molecule has 0 spiro atoms. The van der Waals surface area contributed by atoms with Crippen molar-refractivity contribution in [1.29, 1.82) is 5.26 Å². The highest BCUT2D eigenvalue weighted by molar-refractivity contribution is 7.93. The van der Waals surface area contributed by atoms with E-state index in [4.69, 9.17) is 19.5 Å². The van der Waals surface area contributed by atoms with Gasteiger partial charge >= 0.3 is 0 Å². The van der Waals surface area contributed by atoms with Gasteiger partial charge in [0, 0.05) is 60.8 Å². The van der Waals surface area contributed by atoms with Crippen LogP contribution in [0.3, 0.4) is 0 Å². The van der Waals surface area contributed by atoms with Crippen LogP contribution in [0.25, 0.3) is 0 Å². The third kappa shape index (κ3) is 33.7. The fourth-order valence-corrected chi connectivity index (χ4v) is 15.0. The number of anilines is 8. The van der Waals surface area contributed by atoms with Crippen molar-refractivity contribution >= 4 is 131 Å². The van der Waals surface area contributed by atoms with Crippen molar-refractivity contribution in [3.05, 3.63) is 334 Å². The van der Waals surface area contributed by atoms with Gasteiger partial charge in [-0.3, -0.25) is 52.4 Å². The summed E-state index contributed by atoms with van der Waals surface area (Å²) in [6, 6.07) is 76.7. The molecular weight excluding hydrogens is 1680 g/mol. The van der Waals surface area contributed by atoms with Crippen molar-refractivity contribution in [1.82, 2.24) is 0 Å². The highest BCUT2D eigenvalue weighted by Crippen LogP contribution is 2.28. The maximum atomic E-state index is 12.7. The van der Waals surface area contributed by atoms with E-state index in [9.17, 15) is 70.9 Å². The van der Waals surface area contributed by atoms with Crippen LogP contribution in [0.15, 0.2) is 272 Å². The van der Waals surface area contributed by atoms with Crippen LogP contribution in [-0.4, -0.2) is 137 Å². The highest BCUT2D eigenvalue weighted by Gasteiger charge is 2.22. The number of amides is 3. The summed E-state index contributed by atoms with van der Waals surface area (Å²) in [5, 5.41) is 17.3. The lowest BCUT2D eigenvalue weighted by molar-refractivity contribution is 0.0985. The van der Waals surface area contributed by atoms with Gasteiger partial charge < -0.3 is 30.2 Å². The average Bonchev–Trinajstić information content (AvgIpc) is 0.825. The summed E-state index contributed by atoms with van der Waals surface area (Å²) >= 11 is 0. The molecule has 0 radical (unpaired) electrons. The number of sulfonamides is 5. The molecule has 11 rings (SSSR count). The van der Waals surface area contributed by atoms with Crippen molar-refractivity contribution in [2.75, 3.05) is 99.1 Å². The van der Waals surface area contributed by atoms with Crippen molar-refractivity contribution in [3.8, 4) is 11.8 Å². The molecular formula is C91H97N9O19S5. The number of carbonyl (C=O) groups is 6. The van der Waals surface area contributed by atoms with E-state index in [1.54, 1.807) is 202 Å². The van der Waals surface area contributed by atoms with E-state index in [2.05, 4.69) is 58.6 Å². The molecule has 0 heterocycles. The van der Waals surface area contributed by atoms with E-state index in [1.807, 2.05) is 42.5 Å². The SMILES string of the molecule is CC(=O)c1cccc(CC(=O)c2ccccc2NS(C)(=O)=O)c1.CCCCc1ccc(CC(=O)c2ccccc2NS(C)(=O)=O)cc1.COCCc1ccc(NC(=O)c2ccccc2NS(=O)(=O)c2ccccc2)cc1.COCCc1ccc(NC(=O)c2ccccc2NS(C)(=O)=O)cc1.COc1ccc(NC(=O)c2ccccc2NS(C)(=O)=O)cc1C#N. The molecule has 0 saturated heterocycles. The van der Waals surface area contributed by atoms with Crippen LogP contribution in [0.1, 0.15) is 122 Å². The number of nitriles is 1. The summed E-state index contributed by atoms with van der Waals surface area (Å²) in [5.74, 6) is -1.29. The van der Waals surface area contributed by atoms with Crippen molar-refractivity contribution < 1.29 is 85.1 Å². The zero-order chi connectivity index (χ0) is 90.6. The third-order valence-corrected chi connectivity index (χ3v) is 21.3. The first kappa shape index (κ1) is 97.9. The quantitative estimate of drug-likeness (QED) is 0.0174. The minimum atomic E-state index is -3.80. The number of rotatable bonds is 34. The predicted octanol–water partition coefficient (Wildman–Crippen LogP) is 15.1. The van der Waals surface area contributed by atoms with Crippen LogP contribution >= 0.6 is 0 Å². The third-order valence-electron chi connectivity index (χ3n) is 17.5. The van der Waals surface area contributed by atoms with E-state index < -0.39 is 61.9 Å². The number of ether oxygens (including phenoxy) is 3. The highest BCUT2D eigenvalue weighted by atomic mass is 32.2. The topological polar surface area (TPSA) is 421 Å². The second kappa shape index (κ2) is 47.3. The minimum absolute atomic E-state index is 0.0709. The Morgan fingerprint density at radius 2 is 0.694 bits per heavy atom. The Morgan fingerprint density at radius 3 is 1.07 bits per heavy atom. The Bertz CT molecular complexity index is 6040. The summed E-state index contributed by atoms with van der Waals surface area (Å²) in [6.07, 6.45) is 9.43. The minimum Gasteiger partial charge on any atom is -0.495 e. The van der Waals surface area contributed by atoms with Gasteiger partial charge in [-0.1, -0.05) is 159 Å². The first-order chi connectivity index (χ1) is 58.9. The summed E-state index contributed by atoms with van der Waals surface area (Å²) in [5.41, 5.74) is 10.1. The van der Waals surface area contributed by atoms with Gasteiger partial charge in [0.1, 0.15) is 11.8 Å². The first-order valence-corrected chi connectivity index (χ1v) is 47.3. The summed E-state index contributed by atoms with van der Waals surface area (Å²) in [6.45, 7) is 4.89. The predicted molar refractivity (Wildman–Crippen MR) is 487 cm³/mol. The number of nitrogens with zero attached hydrogens (tertiary/aromatic N) is 1. The Balaban J connectivity index is 0.000000214. The molecule has 0 aliphatic heterocycles. The van der Waals surface area contributed by atoms with Crippen LogP contribution < -0.4 is 44.3 Å². The molecule has 0 aromatic heterocycles. The Kier molecular flexibility index (Phi) is 37.3. The van der Waals surface area contributed by atoms with Crippen LogP contribution in [0.4, 0.5) is 45.5 Å². The fourth-order valence-electron chi connectivity index (χ4n) is 11.6. The van der Waals surface area contributed by atoms with Gasteiger partial charge in [0.2, 0.25) is 40.1 Å². The average molecular weight is 1780 g/mol. The molecule has 0 atom stereocenters. The molecule has 0 fully saturated rings. The number of hydrogen-bond donors (Lipinski definition) is 8. The number of nitrogens with one attached hydrogen (secondary N) is 8. The van der Waals surface area contributed by atoms with E-state index in [1.165, 1.54) is 49.9 Å². The maximum Gasteiger partial charge on any atom is 0.261 e. The Morgan fingerprint density at radius 1 is 0.355 bits per heavy atom. The van der Waals surface area contributed by atoms with Crippen LogP contribution in [0.5, 0.6) is 5.75 Å². The van der Waals surface area contributed by atoms with Crippen LogP contribution in [0.2, 0.25) is 0 Å². The summed E-state index contributed by atoms with van der Waals surface area (Å²) < 4.78 is 143. The van der Waals surface area contributed by atoms with Crippen LogP contribution in [-0.2, 0) is 91.7 Å². The van der Waals surface area contributed by atoms with E-state index >= 15 is 0 Å². The molecule has 3 amide bonds. The monoisotopic (exact) mass is 1780 g/mol. The van der Waals surface area contributed by atoms with Crippen molar-refractivity contribution in [2.45, 2.75) is 63.7 Å². The van der Waals surface area contributed by atoms with Gasteiger partial charge in [-0.25, -0.2) is 42.1 Å². The van der Waals surface area contributed by atoms with Crippen molar-refractivity contribution in [3.63, 3.8) is 0 Å². The van der Waals surface area contributed by atoms with Gasteiger partial charge in [0.25, 0.3) is 27.7 Å². The fraction of sp³-hybridized carbons (Fsp3) is 0.198. The molecule has 0 aliphatic rings. The largest absolute Gasteiger partial charge is 0.495 e. The van der Waals surface area contributed by atoms with Crippen LogP contribution in [0, 0.1) is 11.3 Å². The molecule has 124 heavy (non-hydrogen) atoms. The number of ketones is 3. The van der Waals surface area contributed by atoms with E-state index in [-0.39, 0.29) is 86.0 Å². The van der Waals surface area contributed by atoms with Gasteiger partial charge in [-0.15, -0.1) is 0 Å². The molecule has 0 aliphatic carbocycles. The van der Waals surface area contributed by atoms with Gasteiger partial charge in [-0.05, 0) is 182 Å². The zero-order valence-corrected chi connectivity index (χ0v) is 73.6. The molecule has 0 saturated carbocycles. The number of methoxy groups -OCH3 is 3. The molecule has 650 valence electrons. The van der Waals surface area contributed by atoms with E-state index in [0.29, 0.717) is 64.0 Å². The second-order valence-corrected chi connectivity index (χ2v) is 36.5. The molecule has 8 N–H and O–H groups in total. The lowest BCUT2D eigenvalue weighted by Crippen LogP contribution is -2.18. The number of hydrogen-bond acceptors (Lipinski definition) is 20. The van der Waals surface area contributed by atoms with Gasteiger partial charge in [0.15, 0.2) is 17.3 Å². The maximum absolute atomic E-state index is 12.7. The van der Waals surface area contributed by atoms with E-state index in [0.717, 1.165) is 73.8 Å². The number of unbranched alkanes of at least 4 members (excludes halogenated alkanes) is 1. The number of aryl methyl sites for hydroxylation is 1. The van der Waals surface area contributed by atoms with Gasteiger partial charge in [0.05, 0.1) is 101 Å². The molecule has 0 bridgehead atoms. The molecule has 33 heteroatoms. The number of carbonyl (C=O) groups excluding carboxylic acids is 6. The number of para-hydroxylation sites is 5. The summed E-state index contributed by atoms with van der Waals surface area (Å²) in [7, 11) is -12.9. The molecule has 0 unspecified atom stereocenters. The smallest absolute Gasteiger partial charge is 0.261 e. The zero-order valence-electron chi connectivity index (χ0n) is 69.5. The lowest BCUT2D eigenvalue weighted by Gasteiger charge is -2.13. The second-order valence-electron chi connectivity index (χ2n) is 27.8. The Labute approximate surface area is 724 Å². The normalized spacial score (nSPS) is 11.0. The lowest BCUT2D eigenvalue weighted by atomic mass is 9.99. The first-order valence-electron chi connectivity index (χ1n) is 38.2.